The predicted octanol–water partition coefficient (Wildman–Crippen LogP) is 5.56. The second kappa shape index (κ2) is 12.0. The van der Waals surface area contributed by atoms with Gasteiger partial charge in [0.1, 0.15) is 11.5 Å². The molecule has 0 fully saturated rings. The Balaban J connectivity index is 1.32. The number of aryl methyl sites for hydroxylation is 2. The minimum atomic E-state index is -0.347. The molecule has 0 aliphatic heterocycles. The highest BCUT2D eigenvalue weighted by Crippen LogP contribution is 2.26. The van der Waals surface area contributed by atoms with Gasteiger partial charge in [-0.15, -0.1) is 0 Å². The lowest BCUT2D eigenvalue weighted by Crippen LogP contribution is -2.21. The second-order valence-electron chi connectivity index (χ2n) is 8.15. The first-order chi connectivity index (χ1) is 17.5. The van der Waals surface area contributed by atoms with Crippen LogP contribution in [-0.4, -0.2) is 34.5 Å². The molecule has 0 atom stereocenters. The van der Waals surface area contributed by atoms with Crippen molar-refractivity contribution in [2.24, 2.45) is 0 Å². The van der Waals surface area contributed by atoms with Crippen LogP contribution >= 0.6 is 11.6 Å². The molecule has 1 amide bonds. The van der Waals surface area contributed by atoms with Crippen molar-refractivity contribution in [2.75, 3.05) is 18.5 Å². The lowest BCUT2D eigenvalue weighted by Gasteiger charge is -2.13. The van der Waals surface area contributed by atoms with Crippen LogP contribution in [0, 0.1) is 6.92 Å². The minimum absolute atomic E-state index is 0.232. The van der Waals surface area contributed by atoms with Crippen LogP contribution in [-0.2, 0) is 11.3 Å². The Hall–Kier alpha value is -4.10. The fourth-order valence-corrected chi connectivity index (χ4v) is 3.77. The summed E-state index contributed by atoms with van der Waals surface area (Å²) in [5.74, 6) is 0.447. The molecule has 0 saturated carbocycles. The third-order valence-corrected chi connectivity index (χ3v) is 5.68. The molecule has 0 radical (unpaired) electrons. The summed E-state index contributed by atoms with van der Waals surface area (Å²) in [6.07, 6.45) is 6.30. The standard InChI is InChI=1S/C28H26ClN3O4/c1-20-16-23(35-15-5-13-32-14-12-30-19-32)9-10-25(20)31-27(33)18-36-26-11-8-22(29)17-24(26)28(34)21-6-3-2-4-7-21/h2-4,6-12,14,16-17,19H,5,13,15,18H2,1H3,(H,31,33). The van der Waals surface area contributed by atoms with Crippen LogP contribution in [0.1, 0.15) is 27.9 Å². The van der Waals surface area contributed by atoms with Crippen molar-refractivity contribution in [3.63, 3.8) is 0 Å². The number of imidazole rings is 1. The maximum atomic E-state index is 12.9. The topological polar surface area (TPSA) is 82.4 Å². The number of carbonyl (C=O) groups is 2. The number of ketones is 1. The van der Waals surface area contributed by atoms with Crippen molar-refractivity contribution in [1.29, 1.82) is 0 Å². The molecule has 4 rings (SSSR count). The minimum Gasteiger partial charge on any atom is -0.494 e. The van der Waals surface area contributed by atoms with E-state index in [0.717, 1.165) is 24.3 Å². The number of anilines is 1. The monoisotopic (exact) mass is 503 g/mol. The number of nitrogens with one attached hydrogen (secondary N) is 1. The number of ether oxygens (including phenoxy) is 2. The quantitative estimate of drug-likeness (QED) is 0.214. The highest BCUT2D eigenvalue weighted by molar-refractivity contribution is 6.31. The zero-order valence-corrected chi connectivity index (χ0v) is 20.6. The van der Waals surface area contributed by atoms with Gasteiger partial charge >= 0.3 is 0 Å². The molecule has 0 bridgehead atoms. The molecular weight excluding hydrogens is 478 g/mol. The smallest absolute Gasteiger partial charge is 0.262 e. The summed E-state index contributed by atoms with van der Waals surface area (Å²) >= 11 is 6.11. The number of halogens is 1. The molecule has 4 aromatic rings. The average molecular weight is 504 g/mol. The van der Waals surface area contributed by atoms with Gasteiger partial charge in [-0.1, -0.05) is 41.9 Å². The van der Waals surface area contributed by atoms with E-state index in [-0.39, 0.29) is 18.3 Å². The molecule has 0 unspecified atom stereocenters. The number of amides is 1. The number of hydrogen-bond acceptors (Lipinski definition) is 5. The lowest BCUT2D eigenvalue weighted by atomic mass is 10.0. The van der Waals surface area contributed by atoms with Crippen LogP contribution in [0.5, 0.6) is 11.5 Å². The van der Waals surface area contributed by atoms with Gasteiger partial charge in [0.2, 0.25) is 0 Å². The maximum Gasteiger partial charge on any atom is 0.262 e. The molecule has 3 aromatic carbocycles. The van der Waals surface area contributed by atoms with Crippen LogP contribution < -0.4 is 14.8 Å². The van der Waals surface area contributed by atoms with E-state index in [9.17, 15) is 9.59 Å². The molecule has 0 saturated heterocycles. The average Bonchev–Trinajstić information content (AvgIpc) is 3.41. The Bertz CT molecular complexity index is 1320. The van der Waals surface area contributed by atoms with E-state index in [0.29, 0.717) is 34.2 Å². The molecule has 8 heteroatoms. The van der Waals surface area contributed by atoms with Crippen LogP contribution in [0.2, 0.25) is 5.02 Å². The number of carbonyl (C=O) groups excluding carboxylic acids is 2. The Morgan fingerprint density at radius 3 is 2.61 bits per heavy atom. The van der Waals surface area contributed by atoms with Gasteiger partial charge in [-0.05, 0) is 55.3 Å². The summed E-state index contributed by atoms with van der Waals surface area (Å²) in [5, 5.41) is 3.25. The summed E-state index contributed by atoms with van der Waals surface area (Å²) in [6.45, 7) is 3.04. The van der Waals surface area contributed by atoms with Crippen molar-refractivity contribution >= 4 is 29.0 Å². The van der Waals surface area contributed by atoms with E-state index in [1.807, 2.05) is 35.9 Å². The van der Waals surface area contributed by atoms with Crippen LogP contribution in [0.15, 0.2) is 85.5 Å². The first-order valence-corrected chi connectivity index (χ1v) is 11.9. The van der Waals surface area contributed by atoms with Gasteiger partial charge in [0, 0.05) is 35.2 Å². The summed E-state index contributed by atoms with van der Waals surface area (Å²) in [4.78, 5) is 29.5. The van der Waals surface area contributed by atoms with Crippen molar-refractivity contribution in [3.05, 3.63) is 107 Å². The Kier molecular flexibility index (Phi) is 8.36. The molecular formula is C28H26ClN3O4. The van der Waals surface area contributed by atoms with Crippen LogP contribution in [0.3, 0.4) is 0 Å². The highest BCUT2D eigenvalue weighted by atomic mass is 35.5. The van der Waals surface area contributed by atoms with Gasteiger partial charge in [0.05, 0.1) is 18.5 Å². The van der Waals surface area contributed by atoms with E-state index in [1.165, 1.54) is 0 Å². The Labute approximate surface area is 214 Å². The molecule has 0 aliphatic rings. The van der Waals surface area contributed by atoms with Gasteiger partial charge in [0.25, 0.3) is 5.91 Å². The molecule has 184 valence electrons. The summed E-state index contributed by atoms with van der Waals surface area (Å²) < 4.78 is 13.5. The van der Waals surface area contributed by atoms with Crippen molar-refractivity contribution in [2.45, 2.75) is 19.9 Å². The predicted molar refractivity (Wildman–Crippen MR) is 139 cm³/mol. The van der Waals surface area contributed by atoms with E-state index >= 15 is 0 Å². The highest BCUT2D eigenvalue weighted by Gasteiger charge is 2.17. The first kappa shape index (κ1) is 25.0. The van der Waals surface area contributed by atoms with Gasteiger partial charge in [0.15, 0.2) is 12.4 Å². The first-order valence-electron chi connectivity index (χ1n) is 11.5. The SMILES string of the molecule is Cc1cc(OCCCn2ccnc2)ccc1NC(=O)COc1ccc(Cl)cc1C(=O)c1ccccc1. The van der Waals surface area contributed by atoms with Crippen molar-refractivity contribution < 1.29 is 19.1 Å². The normalized spacial score (nSPS) is 10.6. The zero-order chi connectivity index (χ0) is 25.3. The van der Waals surface area contributed by atoms with Crippen LogP contribution in [0.25, 0.3) is 0 Å². The third kappa shape index (κ3) is 6.73. The fraction of sp³-hybridized carbons (Fsp3) is 0.179. The summed E-state index contributed by atoms with van der Waals surface area (Å²) in [7, 11) is 0. The number of rotatable bonds is 11. The van der Waals surface area contributed by atoms with Gasteiger partial charge in [-0.25, -0.2) is 4.98 Å². The Morgan fingerprint density at radius 2 is 1.86 bits per heavy atom. The Morgan fingerprint density at radius 1 is 1.03 bits per heavy atom. The summed E-state index contributed by atoms with van der Waals surface area (Å²) in [5.41, 5.74) is 2.33. The molecule has 0 spiro atoms. The number of benzene rings is 3. The fourth-order valence-electron chi connectivity index (χ4n) is 3.60. The van der Waals surface area contributed by atoms with Gasteiger partial charge < -0.3 is 19.4 Å². The number of hydrogen-bond donors (Lipinski definition) is 1. The van der Waals surface area contributed by atoms with Crippen LogP contribution in [0.4, 0.5) is 5.69 Å². The van der Waals surface area contributed by atoms with E-state index in [2.05, 4.69) is 10.3 Å². The van der Waals surface area contributed by atoms with Gasteiger partial charge in [-0.2, -0.15) is 0 Å². The molecule has 7 nitrogen and oxygen atoms in total. The van der Waals surface area contributed by atoms with Gasteiger partial charge in [-0.3, -0.25) is 9.59 Å². The molecule has 1 aromatic heterocycles. The molecule has 1 N–H and O–H groups in total. The summed E-state index contributed by atoms with van der Waals surface area (Å²) in [6, 6.07) is 19.1. The molecule has 0 aliphatic carbocycles. The zero-order valence-electron chi connectivity index (χ0n) is 19.8. The third-order valence-electron chi connectivity index (χ3n) is 5.44. The number of aromatic nitrogens is 2. The number of nitrogens with zero attached hydrogens (tertiary/aromatic N) is 2. The van der Waals surface area contributed by atoms with E-state index < -0.39 is 0 Å². The van der Waals surface area contributed by atoms with E-state index in [4.69, 9.17) is 21.1 Å². The van der Waals surface area contributed by atoms with E-state index in [1.54, 1.807) is 61.1 Å². The maximum absolute atomic E-state index is 12.9. The largest absolute Gasteiger partial charge is 0.494 e. The van der Waals surface area contributed by atoms with Crippen molar-refractivity contribution in [3.8, 4) is 11.5 Å². The molecule has 36 heavy (non-hydrogen) atoms. The second-order valence-corrected chi connectivity index (χ2v) is 8.59. The lowest BCUT2D eigenvalue weighted by molar-refractivity contribution is -0.118. The molecule has 1 heterocycles. The van der Waals surface area contributed by atoms with Crippen molar-refractivity contribution in [1.82, 2.24) is 9.55 Å².